The number of benzene rings is 1. The molecular formula is C12H16Br2O2. The number of rotatable bonds is 2. The number of halogens is 2. The first-order valence-electron chi connectivity index (χ1n) is 4.99. The summed E-state index contributed by atoms with van der Waals surface area (Å²) in [6.45, 7) is 6.30. The highest BCUT2D eigenvalue weighted by atomic mass is 79.9. The van der Waals surface area contributed by atoms with Gasteiger partial charge in [0.2, 0.25) is 0 Å². The molecule has 1 aromatic rings. The Balaban J connectivity index is 3.62. The van der Waals surface area contributed by atoms with Gasteiger partial charge in [0.05, 0.1) is 18.2 Å². The minimum atomic E-state index is -0.0876. The topological polar surface area (TPSA) is 29.5 Å². The van der Waals surface area contributed by atoms with E-state index in [1.807, 2.05) is 6.07 Å². The van der Waals surface area contributed by atoms with E-state index < -0.39 is 0 Å². The molecule has 0 aliphatic carbocycles. The standard InChI is InChI=1S/C12H16Br2O2/c1-12(2,3)10-7(6-15)8(13)5-9(14)11(10)16-4/h5,15H,6H2,1-4H3. The van der Waals surface area contributed by atoms with Crippen molar-refractivity contribution in [1.29, 1.82) is 0 Å². The molecule has 1 aromatic carbocycles. The normalized spacial score (nSPS) is 11.7. The van der Waals surface area contributed by atoms with Crippen LogP contribution in [0.1, 0.15) is 31.9 Å². The van der Waals surface area contributed by atoms with Gasteiger partial charge in [0.25, 0.3) is 0 Å². The van der Waals surface area contributed by atoms with Gasteiger partial charge in [-0.05, 0) is 33.0 Å². The molecule has 0 fully saturated rings. The third-order valence-corrected chi connectivity index (χ3v) is 3.70. The van der Waals surface area contributed by atoms with Crippen molar-refractivity contribution in [2.45, 2.75) is 32.8 Å². The predicted molar refractivity (Wildman–Crippen MR) is 73.0 cm³/mol. The first kappa shape index (κ1) is 14.0. The van der Waals surface area contributed by atoms with Gasteiger partial charge >= 0.3 is 0 Å². The van der Waals surface area contributed by atoms with E-state index in [1.165, 1.54) is 0 Å². The number of aliphatic hydroxyl groups excluding tert-OH is 1. The molecule has 0 unspecified atom stereocenters. The molecule has 1 rings (SSSR count). The first-order chi connectivity index (χ1) is 7.32. The molecule has 0 radical (unpaired) electrons. The van der Waals surface area contributed by atoms with Crippen LogP contribution in [0.5, 0.6) is 5.75 Å². The van der Waals surface area contributed by atoms with Gasteiger partial charge in [-0.25, -0.2) is 0 Å². The second-order valence-corrected chi connectivity index (χ2v) is 6.34. The van der Waals surface area contributed by atoms with E-state index in [9.17, 15) is 5.11 Å². The van der Waals surface area contributed by atoms with E-state index in [0.717, 1.165) is 25.8 Å². The summed E-state index contributed by atoms with van der Waals surface area (Å²) < 4.78 is 7.21. The summed E-state index contributed by atoms with van der Waals surface area (Å²) in [4.78, 5) is 0. The number of aliphatic hydroxyl groups is 1. The number of ether oxygens (including phenoxy) is 1. The number of hydrogen-bond acceptors (Lipinski definition) is 2. The Bertz CT molecular complexity index is 367. The van der Waals surface area contributed by atoms with Crippen LogP contribution >= 0.6 is 31.9 Å². The van der Waals surface area contributed by atoms with Gasteiger partial charge in [-0.2, -0.15) is 0 Å². The molecule has 0 bridgehead atoms. The van der Waals surface area contributed by atoms with Crippen LogP contribution in [0.25, 0.3) is 0 Å². The van der Waals surface area contributed by atoms with Crippen molar-refractivity contribution >= 4 is 31.9 Å². The Morgan fingerprint density at radius 2 is 1.81 bits per heavy atom. The smallest absolute Gasteiger partial charge is 0.137 e. The Hall–Kier alpha value is -0.0600. The van der Waals surface area contributed by atoms with Crippen LogP contribution in [0, 0.1) is 0 Å². The average molecular weight is 352 g/mol. The molecule has 0 atom stereocenters. The summed E-state index contributed by atoms with van der Waals surface area (Å²) in [5.74, 6) is 0.791. The van der Waals surface area contributed by atoms with Gasteiger partial charge in [-0.15, -0.1) is 0 Å². The zero-order valence-electron chi connectivity index (χ0n) is 9.90. The molecule has 0 saturated heterocycles. The van der Waals surface area contributed by atoms with E-state index in [2.05, 4.69) is 52.6 Å². The van der Waals surface area contributed by atoms with Crippen molar-refractivity contribution in [2.24, 2.45) is 0 Å². The fourth-order valence-corrected chi connectivity index (χ4v) is 3.24. The van der Waals surface area contributed by atoms with E-state index in [4.69, 9.17) is 4.74 Å². The molecule has 2 nitrogen and oxygen atoms in total. The second kappa shape index (κ2) is 5.07. The quantitative estimate of drug-likeness (QED) is 0.872. The molecule has 1 N–H and O–H groups in total. The minimum absolute atomic E-state index is 0.00315. The fraction of sp³-hybridized carbons (Fsp3) is 0.500. The van der Waals surface area contributed by atoms with Gasteiger partial charge in [0.15, 0.2) is 0 Å². The molecule has 16 heavy (non-hydrogen) atoms. The second-order valence-electron chi connectivity index (χ2n) is 4.64. The van der Waals surface area contributed by atoms with Crippen molar-refractivity contribution in [3.05, 3.63) is 26.1 Å². The Morgan fingerprint density at radius 1 is 1.25 bits per heavy atom. The van der Waals surface area contributed by atoms with Crippen LogP contribution in [0.4, 0.5) is 0 Å². The summed E-state index contributed by atoms with van der Waals surface area (Å²) >= 11 is 6.95. The van der Waals surface area contributed by atoms with E-state index in [1.54, 1.807) is 7.11 Å². The molecular weight excluding hydrogens is 336 g/mol. The third-order valence-electron chi connectivity index (χ3n) is 2.40. The average Bonchev–Trinajstić information content (AvgIpc) is 2.15. The maximum absolute atomic E-state index is 9.47. The lowest BCUT2D eigenvalue weighted by atomic mass is 9.83. The van der Waals surface area contributed by atoms with Crippen molar-refractivity contribution in [1.82, 2.24) is 0 Å². The Labute approximate surface area is 113 Å². The summed E-state index contributed by atoms with van der Waals surface area (Å²) in [5, 5.41) is 9.47. The zero-order chi connectivity index (χ0) is 12.5. The molecule has 0 aliphatic rings. The first-order valence-corrected chi connectivity index (χ1v) is 6.57. The van der Waals surface area contributed by atoms with E-state index in [0.29, 0.717) is 0 Å². The highest BCUT2D eigenvalue weighted by molar-refractivity contribution is 9.11. The largest absolute Gasteiger partial charge is 0.495 e. The Kier molecular flexibility index (Phi) is 4.43. The fourth-order valence-electron chi connectivity index (χ4n) is 1.79. The lowest BCUT2D eigenvalue weighted by molar-refractivity contribution is 0.275. The van der Waals surface area contributed by atoms with Crippen molar-refractivity contribution < 1.29 is 9.84 Å². The molecule has 0 spiro atoms. The van der Waals surface area contributed by atoms with Crippen molar-refractivity contribution in [3.63, 3.8) is 0 Å². The van der Waals surface area contributed by atoms with Crippen LogP contribution < -0.4 is 4.74 Å². The number of methoxy groups -OCH3 is 1. The molecule has 0 aromatic heterocycles. The lowest BCUT2D eigenvalue weighted by Gasteiger charge is -2.26. The third kappa shape index (κ3) is 2.60. The molecule has 0 heterocycles. The monoisotopic (exact) mass is 350 g/mol. The van der Waals surface area contributed by atoms with Gasteiger partial charge in [0.1, 0.15) is 5.75 Å². The lowest BCUT2D eigenvalue weighted by Crippen LogP contribution is -2.17. The maximum atomic E-state index is 9.47. The summed E-state index contributed by atoms with van der Waals surface area (Å²) in [6.07, 6.45) is 0. The predicted octanol–water partition coefficient (Wildman–Crippen LogP) is 4.01. The highest BCUT2D eigenvalue weighted by Gasteiger charge is 2.26. The van der Waals surface area contributed by atoms with Crippen molar-refractivity contribution in [2.75, 3.05) is 7.11 Å². The molecule has 0 aliphatic heterocycles. The van der Waals surface area contributed by atoms with Gasteiger partial charge in [-0.3, -0.25) is 0 Å². The maximum Gasteiger partial charge on any atom is 0.137 e. The van der Waals surface area contributed by atoms with Crippen LogP contribution in [-0.4, -0.2) is 12.2 Å². The molecule has 0 saturated carbocycles. The van der Waals surface area contributed by atoms with Crippen LogP contribution in [0.3, 0.4) is 0 Å². The van der Waals surface area contributed by atoms with Gasteiger partial charge in [0, 0.05) is 10.0 Å². The minimum Gasteiger partial charge on any atom is -0.495 e. The molecule has 0 amide bonds. The molecule has 4 heteroatoms. The van der Waals surface area contributed by atoms with Crippen LogP contribution in [0.15, 0.2) is 15.0 Å². The van der Waals surface area contributed by atoms with Gasteiger partial charge in [-0.1, -0.05) is 36.7 Å². The number of hydrogen-bond donors (Lipinski definition) is 1. The van der Waals surface area contributed by atoms with E-state index in [-0.39, 0.29) is 12.0 Å². The van der Waals surface area contributed by atoms with Crippen LogP contribution in [0.2, 0.25) is 0 Å². The summed E-state index contributed by atoms with van der Waals surface area (Å²) in [6, 6.07) is 1.90. The summed E-state index contributed by atoms with van der Waals surface area (Å²) in [7, 11) is 1.64. The highest BCUT2D eigenvalue weighted by Crippen LogP contribution is 2.42. The zero-order valence-corrected chi connectivity index (χ0v) is 13.1. The SMILES string of the molecule is COc1c(Br)cc(Br)c(CO)c1C(C)(C)C. The summed E-state index contributed by atoms with van der Waals surface area (Å²) in [5.41, 5.74) is 1.82. The van der Waals surface area contributed by atoms with Crippen molar-refractivity contribution in [3.8, 4) is 5.75 Å². The molecule has 90 valence electrons. The van der Waals surface area contributed by atoms with Crippen LogP contribution in [-0.2, 0) is 12.0 Å². The van der Waals surface area contributed by atoms with E-state index >= 15 is 0 Å². The Morgan fingerprint density at radius 3 is 2.19 bits per heavy atom. The van der Waals surface area contributed by atoms with Gasteiger partial charge < -0.3 is 9.84 Å².